The van der Waals surface area contributed by atoms with E-state index in [9.17, 15) is 22.4 Å². The first-order valence-electron chi connectivity index (χ1n) is 4.99. The second-order valence-electron chi connectivity index (χ2n) is 3.34. The Labute approximate surface area is 95.2 Å². The Bertz CT molecular complexity index is 432. The molecule has 1 rings (SSSR count). The highest BCUT2D eigenvalue weighted by Gasteiger charge is 2.23. The molecule has 0 atom stereocenters. The highest BCUT2D eigenvalue weighted by molar-refractivity contribution is 5.89. The summed E-state index contributed by atoms with van der Waals surface area (Å²) in [5.74, 6) is -8.56. The Balaban J connectivity index is 2.94. The molecule has 94 valence electrons. The lowest BCUT2D eigenvalue weighted by molar-refractivity contribution is 0.0492. The Hall–Kier alpha value is -1.59. The maximum absolute atomic E-state index is 13.1. The molecule has 0 unspecified atom stereocenters. The minimum absolute atomic E-state index is 0.00931. The summed E-state index contributed by atoms with van der Waals surface area (Å²) in [6.45, 7) is 1.85. The van der Waals surface area contributed by atoms with E-state index in [4.69, 9.17) is 0 Å². The van der Waals surface area contributed by atoms with Crippen molar-refractivity contribution in [3.63, 3.8) is 0 Å². The molecule has 0 fully saturated rings. The van der Waals surface area contributed by atoms with Crippen molar-refractivity contribution < 1.29 is 27.1 Å². The van der Waals surface area contributed by atoms with E-state index in [1.165, 1.54) is 0 Å². The number of halogens is 4. The molecule has 0 saturated heterocycles. The van der Waals surface area contributed by atoms with Crippen LogP contribution in [-0.2, 0) is 4.74 Å². The summed E-state index contributed by atoms with van der Waals surface area (Å²) in [5, 5.41) is 0. The average molecular weight is 250 g/mol. The van der Waals surface area contributed by atoms with Crippen molar-refractivity contribution in [1.29, 1.82) is 0 Å². The summed E-state index contributed by atoms with van der Waals surface area (Å²) < 4.78 is 55.9. The van der Waals surface area contributed by atoms with Crippen molar-refractivity contribution in [2.75, 3.05) is 6.61 Å². The van der Waals surface area contributed by atoms with E-state index in [2.05, 4.69) is 4.74 Å². The number of carbonyl (C=O) groups excluding carboxylic acids is 1. The second kappa shape index (κ2) is 5.65. The Morgan fingerprint density at radius 2 is 1.82 bits per heavy atom. The van der Waals surface area contributed by atoms with Gasteiger partial charge in [-0.15, -0.1) is 0 Å². The average Bonchev–Trinajstić information content (AvgIpc) is 2.31. The van der Waals surface area contributed by atoms with Crippen molar-refractivity contribution in [3.8, 4) is 0 Å². The zero-order chi connectivity index (χ0) is 13.0. The molecule has 0 N–H and O–H groups in total. The smallest absolute Gasteiger partial charge is 0.341 e. The van der Waals surface area contributed by atoms with Crippen molar-refractivity contribution in [3.05, 3.63) is 34.9 Å². The van der Waals surface area contributed by atoms with Gasteiger partial charge in [0.15, 0.2) is 23.3 Å². The minimum Gasteiger partial charge on any atom is -0.462 e. The van der Waals surface area contributed by atoms with Gasteiger partial charge in [-0.2, -0.15) is 0 Å². The molecule has 0 aromatic heterocycles. The number of ether oxygens (including phenoxy) is 1. The number of benzene rings is 1. The normalized spacial score (nSPS) is 10.4. The third kappa shape index (κ3) is 2.95. The predicted molar refractivity (Wildman–Crippen MR) is 51.5 cm³/mol. The second-order valence-corrected chi connectivity index (χ2v) is 3.34. The summed E-state index contributed by atoms with van der Waals surface area (Å²) in [4.78, 5) is 11.2. The van der Waals surface area contributed by atoms with Gasteiger partial charge in [-0.1, -0.05) is 13.3 Å². The van der Waals surface area contributed by atoms with Crippen molar-refractivity contribution in [1.82, 2.24) is 0 Å². The number of carbonyl (C=O) groups is 1. The van der Waals surface area contributed by atoms with Crippen LogP contribution in [0.15, 0.2) is 6.07 Å². The molecule has 1 aromatic rings. The van der Waals surface area contributed by atoms with E-state index in [1.807, 2.05) is 6.92 Å². The molecule has 0 radical (unpaired) electrons. The number of unbranched alkanes of at least 4 members (excludes halogenated alkanes) is 1. The van der Waals surface area contributed by atoms with Gasteiger partial charge >= 0.3 is 5.97 Å². The Kier molecular flexibility index (Phi) is 4.48. The molecule has 0 amide bonds. The number of rotatable bonds is 4. The molecule has 0 saturated carbocycles. The van der Waals surface area contributed by atoms with Crippen LogP contribution in [-0.4, -0.2) is 12.6 Å². The summed E-state index contributed by atoms with van der Waals surface area (Å²) in [5.41, 5.74) is -0.947. The summed E-state index contributed by atoms with van der Waals surface area (Å²) in [7, 11) is 0. The van der Waals surface area contributed by atoms with Crippen LogP contribution in [0.2, 0.25) is 0 Å². The van der Waals surface area contributed by atoms with Crippen LogP contribution in [0.5, 0.6) is 0 Å². The lowest BCUT2D eigenvalue weighted by Gasteiger charge is -2.06. The monoisotopic (exact) mass is 250 g/mol. The number of hydrogen-bond donors (Lipinski definition) is 0. The summed E-state index contributed by atoms with van der Waals surface area (Å²) >= 11 is 0. The summed E-state index contributed by atoms with van der Waals surface area (Å²) in [6.07, 6.45) is 1.28. The predicted octanol–water partition coefficient (Wildman–Crippen LogP) is 3.20. The molecule has 0 aliphatic carbocycles. The van der Waals surface area contributed by atoms with Crippen LogP contribution >= 0.6 is 0 Å². The number of hydrogen-bond acceptors (Lipinski definition) is 2. The topological polar surface area (TPSA) is 26.3 Å². The number of esters is 1. The van der Waals surface area contributed by atoms with E-state index >= 15 is 0 Å². The molecule has 0 aliphatic rings. The van der Waals surface area contributed by atoms with Gasteiger partial charge in [0.2, 0.25) is 0 Å². The molecule has 6 heteroatoms. The molecule has 17 heavy (non-hydrogen) atoms. The van der Waals surface area contributed by atoms with Gasteiger partial charge in [0.1, 0.15) is 5.56 Å². The summed E-state index contributed by atoms with van der Waals surface area (Å²) in [6, 6.07) is 0.280. The van der Waals surface area contributed by atoms with Crippen LogP contribution in [0.4, 0.5) is 17.6 Å². The van der Waals surface area contributed by atoms with Crippen LogP contribution in [0, 0.1) is 23.3 Å². The highest BCUT2D eigenvalue weighted by atomic mass is 19.2. The van der Waals surface area contributed by atoms with E-state index in [0.717, 1.165) is 6.42 Å². The maximum atomic E-state index is 13.1. The van der Waals surface area contributed by atoms with E-state index in [1.54, 1.807) is 0 Å². The van der Waals surface area contributed by atoms with Gasteiger partial charge < -0.3 is 4.74 Å². The lowest BCUT2D eigenvalue weighted by atomic mass is 10.2. The van der Waals surface area contributed by atoms with E-state index in [0.29, 0.717) is 6.42 Å². The molecule has 0 bridgehead atoms. The zero-order valence-electron chi connectivity index (χ0n) is 9.03. The fourth-order valence-corrected chi connectivity index (χ4v) is 1.11. The highest BCUT2D eigenvalue weighted by Crippen LogP contribution is 2.19. The van der Waals surface area contributed by atoms with E-state index in [-0.39, 0.29) is 12.7 Å². The molecule has 2 nitrogen and oxygen atoms in total. The first kappa shape index (κ1) is 13.5. The van der Waals surface area contributed by atoms with Gasteiger partial charge in [-0.3, -0.25) is 0 Å². The standard InChI is InChI=1S/C11H10F4O2/c1-2-3-4-17-11(16)6-5-7(12)9(14)10(15)8(6)13/h5H,2-4H2,1H3. The van der Waals surface area contributed by atoms with Crippen molar-refractivity contribution in [2.24, 2.45) is 0 Å². The molecular formula is C11H10F4O2. The fraction of sp³-hybridized carbons (Fsp3) is 0.364. The first-order chi connectivity index (χ1) is 7.99. The first-order valence-corrected chi connectivity index (χ1v) is 4.99. The van der Waals surface area contributed by atoms with Gasteiger partial charge in [0.25, 0.3) is 0 Å². The quantitative estimate of drug-likeness (QED) is 0.270. The molecular weight excluding hydrogens is 240 g/mol. The molecule has 0 aliphatic heterocycles. The Morgan fingerprint density at radius 3 is 2.41 bits per heavy atom. The van der Waals surface area contributed by atoms with Gasteiger partial charge in [-0.25, -0.2) is 22.4 Å². The fourth-order valence-electron chi connectivity index (χ4n) is 1.11. The zero-order valence-corrected chi connectivity index (χ0v) is 9.03. The van der Waals surface area contributed by atoms with Crippen LogP contribution in [0.25, 0.3) is 0 Å². The van der Waals surface area contributed by atoms with Crippen LogP contribution < -0.4 is 0 Å². The largest absolute Gasteiger partial charge is 0.462 e. The van der Waals surface area contributed by atoms with E-state index < -0.39 is 34.8 Å². The lowest BCUT2D eigenvalue weighted by Crippen LogP contribution is -2.12. The third-order valence-electron chi connectivity index (χ3n) is 2.05. The third-order valence-corrected chi connectivity index (χ3v) is 2.05. The van der Waals surface area contributed by atoms with Gasteiger partial charge in [0, 0.05) is 0 Å². The van der Waals surface area contributed by atoms with Crippen LogP contribution in [0.1, 0.15) is 30.1 Å². The van der Waals surface area contributed by atoms with Crippen molar-refractivity contribution >= 4 is 5.97 Å². The van der Waals surface area contributed by atoms with Gasteiger partial charge in [0.05, 0.1) is 6.61 Å². The molecule has 0 spiro atoms. The maximum Gasteiger partial charge on any atom is 0.341 e. The van der Waals surface area contributed by atoms with Gasteiger partial charge in [-0.05, 0) is 12.5 Å². The van der Waals surface area contributed by atoms with Crippen LogP contribution in [0.3, 0.4) is 0 Å². The Morgan fingerprint density at radius 1 is 1.18 bits per heavy atom. The minimum atomic E-state index is -2.02. The molecule has 1 aromatic carbocycles. The molecule has 0 heterocycles. The SMILES string of the molecule is CCCCOC(=O)c1cc(F)c(F)c(F)c1F. The van der Waals surface area contributed by atoms with Crippen molar-refractivity contribution in [2.45, 2.75) is 19.8 Å².